The van der Waals surface area contributed by atoms with E-state index in [1.807, 2.05) is 6.07 Å². The molecule has 0 saturated carbocycles. The molecule has 0 aliphatic rings. The largest absolute Gasteiger partial charge is 0.303 e. The summed E-state index contributed by atoms with van der Waals surface area (Å²) in [4.78, 5) is 17.8. The number of halogens is 2. The highest BCUT2D eigenvalue weighted by molar-refractivity contribution is 9.10. The fourth-order valence-electron chi connectivity index (χ4n) is 1.83. The molecule has 0 bridgehead atoms. The SMILES string of the molecule is N#CCCN(C(=O)c1cccc(Br)n1)c1ccccc1F. The summed E-state index contributed by atoms with van der Waals surface area (Å²) in [5, 5.41) is 8.72. The summed E-state index contributed by atoms with van der Waals surface area (Å²) in [5.74, 6) is -0.963. The van der Waals surface area contributed by atoms with Crippen molar-refractivity contribution in [3.63, 3.8) is 0 Å². The average molecular weight is 348 g/mol. The molecular formula is C15H11BrFN3O. The highest BCUT2D eigenvalue weighted by Crippen LogP contribution is 2.21. The fourth-order valence-corrected chi connectivity index (χ4v) is 2.17. The van der Waals surface area contributed by atoms with Gasteiger partial charge in [-0.05, 0) is 40.2 Å². The summed E-state index contributed by atoms with van der Waals surface area (Å²) >= 11 is 3.19. The third-order valence-electron chi connectivity index (χ3n) is 2.77. The minimum absolute atomic E-state index is 0.102. The van der Waals surface area contributed by atoms with E-state index in [9.17, 15) is 9.18 Å². The number of carbonyl (C=O) groups is 1. The molecule has 0 spiro atoms. The second kappa shape index (κ2) is 6.95. The Labute approximate surface area is 130 Å². The first kappa shape index (κ1) is 15.1. The van der Waals surface area contributed by atoms with E-state index in [1.165, 1.54) is 17.0 Å². The van der Waals surface area contributed by atoms with Gasteiger partial charge in [0.15, 0.2) is 0 Å². The Morgan fingerprint density at radius 2 is 2.05 bits per heavy atom. The molecule has 4 nitrogen and oxygen atoms in total. The van der Waals surface area contributed by atoms with Crippen LogP contribution in [0.1, 0.15) is 16.9 Å². The maximum Gasteiger partial charge on any atom is 0.277 e. The summed E-state index contributed by atoms with van der Waals surface area (Å²) in [6.45, 7) is 0.102. The van der Waals surface area contributed by atoms with Crippen LogP contribution in [-0.2, 0) is 0 Å². The summed E-state index contributed by atoms with van der Waals surface area (Å²) in [7, 11) is 0. The van der Waals surface area contributed by atoms with Gasteiger partial charge >= 0.3 is 0 Å². The smallest absolute Gasteiger partial charge is 0.277 e. The van der Waals surface area contributed by atoms with E-state index in [2.05, 4.69) is 20.9 Å². The quantitative estimate of drug-likeness (QED) is 0.794. The lowest BCUT2D eigenvalue weighted by molar-refractivity contribution is 0.0981. The fraction of sp³-hybridized carbons (Fsp3) is 0.133. The lowest BCUT2D eigenvalue weighted by atomic mass is 10.2. The highest BCUT2D eigenvalue weighted by Gasteiger charge is 2.21. The lowest BCUT2D eigenvalue weighted by Gasteiger charge is -2.21. The second-order valence-corrected chi connectivity index (χ2v) is 4.97. The van der Waals surface area contributed by atoms with E-state index >= 15 is 0 Å². The predicted octanol–water partition coefficient (Wildman–Crippen LogP) is 3.54. The number of benzene rings is 1. The molecule has 0 fully saturated rings. The first-order chi connectivity index (χ1) is 10.1. The maximum atomic E-state index is 13.9. The van der Waals surface area contributed by atoms with Crippen LogP contribution >= 0.6 is 15.9 Å². The monoisotopic (exact) mass is 347 g/mol. The molecule has 6 heteroatoms. The van der Waals surface area contributed by atoms with Crippen LogP contribution in [-0.4, -0.2) is 17.4 Å². The van der Waals surface area contributed by atoms with Gasteiger partial charge in [0.25, 0.3) is 5.91 Å². The van der Waals surface area contributed by atoms with Crippen molar-refractivity contribution in [3.05, 3.63) is 58.6 Å². The maximum absolute atomic E-state index is 13.9. The summed E-state index contributed by atoms with van der Waals surface area (Å²) in [5.41, 5.74) is 0.324. The van der Waals surface area contributed by atoms with Gasteiger partial charge in [-0.15, -0.1) is 0 Å². The van der Waals surface area contributed by atoms with Gasteiger partial charge in [-0.2, -0.15) is 5.26 Å². The van der Waals surface area contributed by atoms with Crippen LogP contribution in [0, 0.1) is 17.1 Å². The number of hydrogen-bond donors (Lipinski definition) is 0. The number of para-hydroxylation sites is 1. The summed E-state index contributed by atoms with van der Waals surface area (Å²) in [6, 6.07) is 12.8. The lowest BCUT2D eigenvalue weighted by Crippen LogP contribution is -2.33. The Hall–Kier alpha value is -2.26. The number of carbonyl (C=O) groups excluding carboxylic acids is 1. The molecule has 1 aromatic heterocycles. The number of amides is 1. The first-order valence-corrected chi connectivity index (χ1v) is 6.98. The number of hydrogen-bond acceptors (Lipinski definition) is 3. The third-order valence-corrected chi connectivity index (χ3v) is 3.21. The van der Waals surface area contributed by atoms with Crippen molar-refractivity contribution in [2.24, 2.45) is 0 Å². The Morgan fingerprint density at radius 3 is 2.71 bits per heavy atom. The Balaban J connectivity index is 2.39. The van der Waals surface area contributed by atoms with Crippen LogP contribution in [0.3, 0.4) is 0 Å². The number of aromatic nitrogens is 1. The topological polar surface area (TPSA) is 57.0 Å². The Kier molecular flexibility index (Phi) is 5.01. The van der Waals surface area contributed by atoms with E-state index in [0.717, 1.165) is 0 Å². The number of nitrogens with zero attached hydrogens (tertiary/aromatic N) is 3. The van der Waals surface area contributed by atoms with Crippen molar-refractivity contribution in [1.29, 1.82) is 5.26 Å². The molecule has 1 aromatic carbocycles. The molecule has 106 valence electrons. The van der Waals surface area contributed by atoms with Crippen molar-refractivity contribution in [2.75, 3.05) is 11.4 Å². The molecule has 1 heterocycles. The standard InChI is InChI=1S/C15H11BrFN3O/c16-14-8-3-6-12(19-14)15(21)20(10-4-9-18)13-7-2-1-5-11(13)17/h1-3,5-8H,4,10H2. The number of anilines is 1. The van der Waals surface area contributed by atoms with Gasteiger partial charge in [-0.25, -0.2) is 9.37 Å². The van der Waals surface area contributed by atoms with Gasteiger partial charge in [0.1, 0.15) is 16.1 Å². The van der Waals surface area contributed by atoms with Gasteiger partial charge in [-0.1, -0.05) is 18.2 Å². The summed E-state index contributed by atoms with van der Waals surface area (Å²) < 4.78 is 14.4. The van der Waals surface area contributed by atoms with Crippen molar-refractivity contribution >= 4 is 27.5 Å². The van der Waals surface area contributed by atoms with E-state index in [-0.39, 0.29) is 24.3 Å². The Morgan fingerprint density at radius 1 is 1.29 bits per heavy atom. The number of nitriles is 1. The van der Waals surface area contributed by atoms with Gasteiger partial charge in [0.05, 0.1) is 18.2 Å². The molecular weight excluding hydrogens is 337 g/mol. The summed E-state index contributed by atoms with van der Waals surface area (Å²) in [6.07, 6.45) is 0.105. The van der Waals surface area contributed by atoms with E-state index in [4.69, 9.17) is 5.26 Å². The number of rotatable bonds is 4. The van der Waals surface area contributed by atoms with Crippen LogP contribution < -0.4 is 4.90 Å². The highest BCUT2D eigenvalue weighted by atomic mass is 79.9. The predicted molar refractivity (Wildman–Crippen MR) is 80.2 cm³/mol. The molecule has 0 atom stereocenters. The van der Waals surface area contributed by atoms with E-state index < -0.39 is 11.7 Å². The van der Waals surface area contributed by atoms with Crippen LogP contribution in [0.5, 0.6) is 0 Å². The molecule has 2 aromatic rings. The van der Waals surface area contributed by atoms with Gasteiger partial charge in [0, 0.05) is 6.54 Å². The zero-order chi connectivity index (χ0) is 15.2. The van der Waals surface area contributed by atoms with Gasteiger partial charge < -0.3 is 4.90 Å². The zero-order valence-electron chi connectivity index (χ0n) is 11.0. The van der Waals surface area contributed by atoms with Crippen molar-refractivity contribution in [1.82, 2.24) is 4.98 Å². The normalized spacial score (nSPS) is 9.95. The number of pyridine rings is 1. The molecule has 0 saturated heterocycles. The molecule has 0 aliphatic heterocycles. The molecule has 1 amide bonds. The molecule has 0 unspecified atom stereocenters. The molecule has 0 radical (unpaired) electrons. The minimum Gasteiger partial charge on any atom is -0.303 e. The van der Waals surface area contributed by atoms with Crippen LogP contribution in [0.25, 0.3) is 0 Å². The van der Waals surface area contributed by atoms with Crippen molar-refractivity contribution < 1.29 is 9.18 Å². The molecule has 0 aliphatic carbocycles. The van der Waals surface area contributed by atoms with Crippen molar-refractivity contribution in [3.8, 4) is 6.07 Å². The van der Waals surface area contributed by atoms with E-state index in [1.54, 1.807) is 30.3 Å². The third kappa shape index (κ3) is 3.64. The zero-order valence-corrected chi connectivity index (χ0v) is 12.5. The molecule has 21 heavy (non-hydrogen) atoms. The first-order valence-electron chi connectivity index (χ1n) is 6.19. The van der Waals surface area contributed by atoms with Gasteiger partial charge in [-0.3, -0.25) is 4.79 Å². The van der Waals surface area contributed by atoms with Crippen LogP contribution in [0.4, 0.5) is 10.1 Å². The van der Waals surface area contributed by atoms with Crippen molar-refractivity contribution in [2.45, 2.75) is 6.42 Å². The van der Waals surface area contributed by atoms with Crippen LogP contribution in [0.15, 0.2) is 47.1 Å². The van der Waals surface area contributed by atoms with Crippen LogP contribution in [0.2, 0.25) is 0 Å². The van der Waals surface area contributed by atoms with E-state index in [0.29, 0.717) is 4.60 Å². The molecule has 2 rings (SSSR count). The second-order valence-electron chi connectivity index (χ2n) is 4.16. The molecule has 0 N–H and O–H groups in total. The van der Waals surface area contributed by atoms with Gasteiger partial charge in [0.2, 0.25) is 0 Å². The minimum atomic E-state index is -0.515. The Bertz CT molecular complexity index is 699. The average Bonchev–Trinajstić information content (AvgIpc) is 2.49.